The van der Waals surface area contributed by atoms with Gasteiger partial charge >= 0.3 is 0 Å². The maximum atomic E-state index is 13.2. The van der Waals surface area contributed by atoms with Crippen LogP contribution in [0.15, 0.2) is 90.5 Å². The molecule has 37 heavy (non-hydrogen) atoms. The van der Waals surface area contributed by atoms with E-state index in [-0.39, 0.29) is 11.3 Å². The zero-order valence-electron chi connectivity index (χ0n) is 20.6. The third kappa shape index (κ3) is 5.58. The number of aliphatic hydroxyl groups is 1. The molecular formula is C30H30N2O5. The van der Waals surface area contributed by atoms with E-state index >= 15 is 0 Å². The molecule has 2 aliphatic heterocycles. The number of carbonyl (C=O) groups excluding carboxylic acids is 2. The van der Waals surface area contributed by atoms with Crippen molar-refractivity contribution in [1.29, 1.82) is 0 Å². The normalized spacial score (nSPS) is 19.8. The lowest BCUT2D eigenvalue weighted by molar-refractivity contribution is -0.140. The molecule has 1 amide bonds. The van der Waals surface area contributed by atoms with Crippen molar-refractivity contribution in [1.82, 2.24) is 9.80 Å². The minimum Gasteiger partial charge on any atom is -0.507 e. The highest BCUT2D eigenvalue weighted by Crippen LogP contribution is 2.39. The molecule has 1 atom stereocenters. The van der Waals surface area contributed by atoms with Gasteiger partial charge in [-0.1, -0.05) is 60.7 Å². The van der Waals surface area contributed by atoms with Gasteiger partial charge in [-0.3, -0.25) is 14.5 Å². The molecule has 190 valence electrons. The average molecular weight is 499 g/mol. The van der Waals surface area contributed by atoms with Gasteiger partial charge in [0.2, 0.25) is 0 Å². The van der Waals surface area contributed by atoms with Gasteiger partial charge in [-0.05, 0) is 35.4 Å². The molecule has 2 heterocycles. The monoisotopic (exact) mass is 498 g/mol. The summed E-state index contributed by atoms with van der Waals surface area (Å²) in [5, 5.41) is 11.3. The predicted octanol–water partition coefficient (Wildman–Crippen LogP) is 4.02. The molecule has 7 heteroatoms. The van der Waals surface area contributed by atoms with Crippen molar-refractivity contribution < 1.29 is 24.2 Å². The van der Waals surface area contributed by atoms with E-state index in [0.717, 1.165) is 24.2 Å². The second kappa shape index (κ2) is 11.4. The van der Waals surface area contributed by atoms with E-state index in [4.69, 9.17) is 9.47 Å². The van der Waals surface area contributed by atoms with Gasteiger partial charge in [0.05, 0.1) is 24.8 Å². The molecule has 3 aromatic rings. The minimum atomic E-state index is -0.669. The van der Waals surface area contributed by atoms with Gasteiger partial charge in [0.15, 0.2) is 0 Å². The van der Waals surface area contributed by atoms with Gasteiger partial charge in [-0.15, -0.1) is 0 Å². The van der Waals surface area contributed by atoms with Crippen LogP contribution in [0, 0.1) is 0 Å². The van der Waals surface area contributed by atoms with Crippen molar-refractivity contribution in [2.24, 2.45) is 0 Å². The largest absolute Gasteiger partial charge is 0.507 e. The molecule has 5 rings (SSSR count). The third-order valence-corrected chi connectivity index (χ3v) is 6.79. The van der Waals surface area contributed by atoms with Crippen LogP contribution in [0.5, 0.6) is 5.75 Å². The van der Waals surface area contributed by atoms with Crippen molar-refractivity contribution in [2.75, 3.05) is 39.4 Å². The summed E-state index contributed by atoms with van der Waals surface area (Å²) >= 11 is 0. The summed E-state index contributed by atoms with van der Waals surface area (Å²) in [5.74, 6) is -0.800. The summed E-state index contributed by atoms with van der Waals surface area (Å²) in [4.78, 5) is 30.2. The van der Waals surface area contributed by atoms with Gasteiger partial charge in [0.1, 0.15) is 18.1 Å². The van der Waals surface area contributed by atoms with E-state index in [1.807, 2.05) is 60.7 Å². The lowest BCUT2D eigenvalue weighted by atomic mass is 9.95. The Morgan fingerprint density at radius 2 is 1.51 bits per heavy atom. The second-order valence-electron chi connectivity index (χ2n) is 9.16. The number of hydrogen-bond acceptors (Lipinski definition) is 6. The van der Waals surface area contributed by atoms with Gasteiger partial charge < -0.3 is 19.5 Å². The number of rotatable bonds is 8. The number of nitrogens with zero attached hydrogens (tertiary/aromatic N) is 2. The Morgan fingerprint density at radius 1 is 0.865 bits per heavy atom. The highest BCUT2D eigenvalue weighted by Gasteiger charge is 2.45. The van der Waals surface area contributed by atoms with Gasteiger partial charge in [-0.25, -0.2) is 0 Å². The van der Waals surface area contributed by atoms with Crippen LogP contribution in [0.2, 0.25) is 0 Å². The maximum Gasteiger partial charge on any atom is 0.295 e. The van der Waals surface area contributed by atoms with E-state index in [0.29, 0.717) is 44.2 Å². The van der Waals surface area contributed by atoms with Crippen LogP contribution >= 0.6 is 0 Å². The van der Waals surface area contributed by atoms with Crippen LogP contribution in [-0.2, 0) is 20.9 Å². The summed E-state index contributed by atoms with van der Waals surface area (Å²) in [5.41, 5.74) is 2.40. The van der Waals surface area contributed by atoms with Crippen LogP contribution in [0.3, 0.4) is 0 Å². The molecule has 0 aliphatic carbocycles. The first-order chi connectivity index (χ1) is 18.1. The molecule has 0 spiro atoms. The molecule has 1 unspecified atom stereocenters. The topological polar surface area (TPSA) is 79.3 Å². The number of benzene rings is 3. The summed E-state index contributed by atoms with van der Waals surface area (Å²) in [6.45, 7) is 4.34. The Kier molecular flexibility index (Phi) is 7.63. The van der Waals surface area contributed by atoms with E-state index in [1.165, 1.54) is 0 Å². The molecule has 0 aromatic heterocycles. The molecule has 3 aromatic carbocycles. The van der Waals surface area contributed by atoms with Crippen LogP contribution in [-0.4, -0.2) is 66.0 Å². The number of carbonyl (C=O) groups is 2. The number of aliphatic hydroxyl groups excluding tert-OH is 1. The number of likely N-dealkylation sites (tertiary alicyclic amines) is 1. The van der Waals surface area contributed by atoms with Crippen molar-refractivity contribution in [2.45, 2.75) is 12.6 Å². The Balaban J connectivity index is 1.40. The van der Waals surface area contributed by atoms with Crippen molar-refractivity contribution >= 4 is 17.4 Å². The number of ketones is 1. The number of morpholine rings is 1. The number of amides is 1. The van der Waals surface area contributed by atoms with Gasteiger partial charge in [0.25, 0.3) is 11.7 Å². The maximum absolute atomic E-state index is 13.2. The van der Waals surface area contributed by atoms with Crippen LogP contribution < -0.4 is 4.74 Å². The fraction of sp³-hybridized carbons (Fsp3) is 0.267. The molecule has 2 fully saturated rings. The summed E-state index contributed by atoms with van der Waals surface area (Å²) in [6.07, 6.45) is 0. The first kappa shape index (κ1) is 24.7. The number of ether oxygens (including phenoxy) is 2. The van der Waals surface area contributed by atoms with Crippen LogP contribution in [0.4, 0.5) is 0 Å². The molecule has 1 N–H and O–H groups in total. The smallest absolute Gasteiger partial charge is 0.295 e. The van der Waals surface area contributed by atoms with Crippen LogP contribution in [0.25, 0.3) is 5.76 Å². The highest BCUT2D eigenvalue weighted by atomic mass is 16.5. The fourth-order valence-corrected chi connectivity index (χ4v) is 4.77. The molecular weight excluding hydrogens is 468 g/mol. The number of Topliss-reactive ketones (excluding diaryl/α,β-unsaturated/α-hetero) is 1. The molecule has 0 radical (unpaired) electrons. The SMILES string of the molecule is O=C1C(=O)N(CCN2CCOCC2)C(c2ccccc2)/C1=C(/O)c1ccc(OCc2ccccc2)cc1. The standard InChI is InChI=1S/C30H30N2O5/c33-28(24-11-13-25(14-12-24)37-21-22-7-3-1-4-8-22)26-27(23-9-5-2-6-10-23)32(30(35)29(26)34)16-15-31-17-19-36-20-18-31/h1-14,27,33H,15-21H2/b28-26-. The first-order valence-electron chi connectivity index (χ1n) is 12.5. The lowest BCUT2D eigenvalue weighted by Gasteiger charge is -2.31. The second-order valence-corrected chi connectivity index (χ2v) is 9.16. The van der Waals surface area contributed by atoms with E-state index in [1.54, 1.807) is 29.2 Å². The zero-order chi connectivity index (χ0) is 25.6. The predicted molar refractivity (Wildman–Crippen MR) is 140 cm³/mol. The molecule has 7 nitrogen and oxygen atoms in total. The average Bonchev–Trinajstić information content (AvgIpc) is 3.21. The van der Waals surface area contributed by atoms with Crippen molar-refractivity contribution in [3.8, 4) is 5.75 Å². The van der Waals surface area contributed by atoms with Crippen molar-refractivity contribution in [3.05, 3.63) is 107 Å². The van der Waals surface area contributed by atoms with E-state index < -0.39 is 17.7 Å². The Hall–Kier alpha value is -3.94. The highest BCUT2D eigenvalue weighted by molar-refractivity contribution is 6.46. The van der Waals surface area contributed by atoms with Gasteiger partial charge in [0, 0.05) is 31.7 Å². The lowest BCUT2D eigenvalue weighted by Crippen LogP contribution is -2.42. The van der Waals surface area contributed by atoms with E-state index in [9.17, 15) is 14.7 Å². The Morgan fingerprint density at radius 3 is 2.19 bits per heavy atom. The minimum absolute atomic E-state index is 0.108. The molecule has 0 bridgehead atoms. The van der Waals surface area contributed by atoms with E-state index in [2.05, 4.69) is 4.90 Å². The first-order valence-corrected chi connectivity index (χ1v) is 12.5. The molecule has 0 saturated carbocycles. The summed E-state index contributed by atoms with van der Waals surface area (Å²) in [7, 11) is 0. The fourth-order valence-electron chi connectivity index (χ4n) is 4.77. The summed E-state index contributed by atoms with van der Waals surface area (Å²) in [6, 6.07) is 25.5. The Labute approximate surface area is 216 Å². The molecule has 2 aliphatic rings. The number of hydrogen-bond donors (Lipinski definition) is 1. The quantitative estimate of drug-likeness (QED) is 0.287. The molecule has 2 saturated heterocycles. The Bertz CT molecular complexity index is 1250. The zero-order valence-corrected chi connectivity index (χ0v) is 20.6. The van der Waals surface area contributed by atoms with Gasteiger partial charge in [-0.2, -0.15) is 0 Å². The van der Waals surface area contributed by atoms with Crippen LogP contribution in [0.1, 0.15) is 22.7 Å². The summed E-state index contributed by atoms with van der Waals surface area (Å²) < 4.78 is 11.3. The van der Waals surface area contributed by atoms with Crippen molar-refractivity contribution in [3.63, 3.8) is 0 Å². The third-order valence-electron chi connectivity index (χ3n) is 6.79.